The molecular weight excluding hydrogens is 296 g/mol. The first kappa shape index (κ1) is 15.6. The highest BCUT2D eigenvalue weighted by Crippen LogP contribution is 2.28. The molecule has 23 heavy (non-hydrogen) atoms. The Labute approximate surface area is 134 Å². The summed E-state index contributed by atoms with van der Waals surface area (Å²) in [5.41, 5.74) is 1.73. The number of rotatable bonds is 5. The summed E-state index contributed by atoms with van der Waals surface area (Å²) in [6, 6.07) is 5.63. The molecule has 6 heteroatoms. The first-order valence-electron chi connectivity index (χ1n) is 7.76. The van der Waals surface area contributed by atoms with Crippen LogP contribution in [0.5, 0.6) is 5.75 Å². The Hall–Kier alpha value is -2.34. The lowest BCUT2D eigenvalue weighted by Crippen LogP contribution is -2.46. The molecule has 0 saturated carbocycles. The van der Waals surface area contributed by atoms with Crippen LogP contribution in [-0.4, -0.2) is 54.5 Å². The number of aldehydes is 1. The SMILES string of the molecule is C[C@H](Oc1cccc2c(CC=O)c[nH]c12)C(=O)N1CCOCC1. The van der Waals surface area contributed by atoms with Crippen LogP contribution in [0.3, 0.4) is 0 Å². The maximum absolute atomic E-state index is 12.4. The van der Waals surface area contributed by atoms with Gasteiger partial charge in [0.1, 0.15) is 12.0 Å². The Balaban J connectivity index is 1.77. The van der Waals surface area contributed by atoms with Gasteiger partial charge in [0.15, 0.2) is 6.10 Å². The van der Waals surface area contributed by atoms with Gasteiger partial charge >= 0.3 is 0 Å². The smallest absolute Gasteiger partial charge is 0.263 e. The molecule has 1 N–H and O–H groups in total. The summed E-state index contributed by atoms with van der Waals surface area (Å²) in [4.78, 5) is 28.1. The zero-order chi connectivity index (χ0) is 16.2. The molecule has 0 bridgehead atoms. The maximum Gasteiger partial charge on any atom is 0.263 e. The number of ether oxygens (including phenoxy) is 2. The van der Waals surface area contributed by atoms with E-state index in [1.807, 2.05) is 18.2 Å². The minimum absolute atomic E-state index is 0.0371. The lowest BCUT2D eigenvalue weighted by atomic mass is 10.1. The number of hydrogen-bond acceptors (Lipinski definition) is 4. The van der Waals surface area contributed by atoms with Gasteiger partial charge < -0.3 is 24.2 Å². The van der Waals surface area contributed by atoms with E-state index in [1.54, 1.807) is 18.0 Å². The van der Waals surface area contributed by atoms with Crippen LogP contribution in [0, 0.1) is 0 Å². The standard InChI is InChI=1S/C17H20N2O4/c1-12(17(21)19-6-9-22-10-7-19)23-15-4-2-3-14-13(5-8-20)11-18-16(14)15/h2-4,8,11-12,18H,5-7,9-10H2,1H3/t12-/m0/s1. The normalized spacial score (nSPS) is 16.3. The molecule has 1 fully saturated rings. The first-order chi connectivity index (χ1) is 11.2. The van der Waals surface area contributed by atoms with Crippen molar-refractivity contribution in [1.29, 1.82) is 0 Å². The summed E-state index contributed by atoms with van der Waals surface area (Å²) in [6.07, 6.45) is 2.46. The number of fused-ring (bicyclic) bond motifs is 1. The third kappa shape index (κ3) is 3.22. The number of nitrogens with one attached hydrogen (secondary N) is 1. The zero-order valence-electron chi connectivity index (χ0n) is 13.1. The second-order valence-corrected chi connectivity index (χ2v) is 5.56. The Kier molecular flexibility index (Phi) is 4.62. The van der Waals surface area contributed by atoms with Gasteiger partial charge in [0, 0.05) is 31.1 Å². The van der Waals surface area contributed by atoms with Gasteiger partial charge in [-0.1, -0.05) is 12.1 Å². The van der Waals surface area contributed by atoms with Crippen molar-refractivity contribution in [3.05, 3.63) is 30.0 Å². The molecular formula is C17H20N2O4. The van der Waals surface area contributed by atoms with Crippen molar-refractivity contribution < 1.29 is 19.1 Å². The van der Waals surface area contributed by atoms with Gasteiger partial charge in [0.05, 0.1) is 18.7 Å². The number of carbonyl (C=O) groups excluding carboxylic acids is 2. The molecule has 1 saturated heterocycles. The molecule has 1 atom stereocenters. The van der Waals surface area contributed by atoms with Crippen LogP contribution in [0.25, 0.3) is 10.9 Å². The second kappa shape index (κ2) is 6.83. The Morgan fingerprint density at radius 1 is 1.43 bits per heavy atom. The summed E-state index contributed by atoms with van der Waals surface area (Å²) in [6.45, 7) is 4.09. The predicted octanol–water partition coefficient (Wildman–Crippen LogP) is 1.54. The molecule has 1 aliphatic heterocycles. The second-order valence-electron chi connectivity index (χ2n) is 5.56. The monoisotopic (exact) mass is 316 g/mol. The molecule has 1 aliphatic rings. The van der Waals surface area contributed by atoms with Crippen molar-refractivity contribution in [1.82, 2.24) is 9.88 Å². The fourth-order valence-electron chi connectivity index (χ4n) is 2.82. The van der Waals surface area contributed by atoms with Crippen molar-refractivity contribution in [3.63, 3.8) is 0 Å². The van der Waals surface area contributed by atoms with E-state index in [0.29, 0.717) is 38.5 Å². The lowest BCUT2D eigenvalue weighted by Gasteiger charge is -2.29. The molecule has 0 aliphatic carbocycles. The molecule has 1 aromatic carbocycles. The number of H-pyrrole nitrogens is 1. The van der Waals surface area contributed by atoms with Gasteiger partial charge in [-0.05, 0) is 18.6 Å². The summed E-state index contributed by atoms with van der Waals surface area (Å²) < 4.78 is 11.1. The Bertz CT molecular complexity index is 704. The summed E-state index contributed by atoms with van der Waals surface area (Å²) in [7, 11) is 0. The summed E-state index contributed by atoms with van der Waals surface area (Å²) in [5, 5.41) is 0.945. The summed E-state index contributed by atoms with van der Waals surface area (Å²) >= 11 is 0. The van der Waals surface area contributed by atoms with Gasteiger partial charge in [-0.3, -0.25) is 4.79 Å². The van der Waals surface area contributed by atoms with Gasteiger partial charge in [-0.15, -0.1) is 0 Å². The fourth-order valence-corrected chi connectivity index (χ4v) is 2.82. The van der Waals surface area contributed by atoms with E-state index in [1.165, 1.54) is 0 Å². The minimum atomic E-state index is -0.573. The van der Waals surface area contributed by atoms with Crippen LogP contribution >= 0.6 is 0 Å². The van der Waals surface area contributed by atoms with Crippen molar-refractivity contribution in [3.8, 4) is 5.75 Å². The molecule has 0 unspecified atom stereocenters. The molecule has 3 rings (SSSR count). The molecule has 0 radical (unpaired) electrons. The Morgan fingerprint density at radius 2 is 2.22 bits per heavy atom. The predicted molar refractivity (Wildman–Crippen MR) is 85.6 cm³/mol. The van der Waals surface area contributed by atoms with Crippen LogP contribution in [0.1, 0.15) is 12.5 Å². The van der Waals surface area contributed by atoms with Crippen LogP contribution in [0.15, 0.2) is 24.4 Å². The third-order valence-corrected chi connectivity index (χ3v) is 4.04. The number of aromatic amines is 1. The lowest BCUT2D eigenvalue weighted by molar-refractivity contribution is -0.142. The largest absolute Gasteiger partial charge is 0.479 e. The van der Waals surface area contributed by atoms with Gasteiger partial charge in [0.25, 0.3) is 5.91 Å². The first-order valence-corrected chi connectivity index (χ1v) is 7.76. The number of amides is 1. The highest BCUT2D eigenvalue weighted by atomic mass is 16.5. The van der Waals surface area contributed by atoms with E-state index in [4.69, 9.17) is 9.47 Å². The average molecular weight is 316 g/mol. The number of para-hydroxylation sites is 1. The highest BCUT2D eigenvalue weighted by Gasteiger charge is 2.24. The van der Waals surface area contributed by atoms with Crippen molar-refractivity contribution in [2.75, 3.05) is 26.3 Å². The highest BCUT2D eigenvalue weighted by molar-refractivity contribution is 5.90. The third-order valence-electron chi connectivity index (χ3n) is 4.04. The molecule has 1 amide bonds. The van der Waals surface area contributed by atoms with Crippen LogP contribution < -0.4 is 4.74 Å². The van der Waals surface area contributed by atoms with Crippen LogP contribution in [0.2, 0.25) is 0 Å². The minimum Gasteiger partial charge on any atom is -0.479 e. The van der Waals surface area contributed by atoms with Crippen molar-refractivity contribution in [2.45, 2.75) is 19.4 Å². The number of morpholine rings is 1. The van der Waals surface area contributed by atoms with E-state index in [0.717, 1.165) is 22.8 Å². The number of aromatic nitrogens is 1. The van der Waals surface area contributed by atoms with E-state index in [9.17, 15) is 9.59 Å². The van der Waals surface area contributed by atoms with Crippen molar-refractivity contribution in [2.24, 2.45) is 0 Å². The molecule has 0 spiro atoms. The van der Waals surface area contributed by atoms with Gasteiger partial charge in [-0.2, -0.15) is 0 Å². The van der Waals surface area contributed by atoms with E-state index < -0.39 is 6.10 Å². The molecule has 122 valence electrons. The number of benzene rings is 1. The summed E-state index contributed by atoms with van der Waals surface area (Å²) in [5.74, 6) is 0.582. The quantitative estimate of drug-likeness (QED) is 0.849. The molecule has 1 aromatic heterocycles. The molecule has 6 nitrogen and oxygen atoms in total. The van der Waals surface area contributed by atoms with Crippen LogP contribution in [0.4, 0.5) is 0 Å². The topological polar surface area (TPSA) is 71.6 Å². The van der Waals surface area contributed by atoms with Gasteiger partial charge in [-0.25, -0.2) is 0 Å². The fraction of sp³-hybridized carbons (Fsp3) is 0.412. The average Bonchev–Trinajstić information content (AvgIpc) is 2.99. The number of hydrogen-bond donors (Lipinski definition) is 1. The number of nitrogens with zero attached hydrogens (tertiary/aromatic N) is 1. The van der Waals surface area contributed by atoms with Crippen molar-refractivity contribution >= 4 is 23.1 Å². The number of carbonyl (C=O) groups is 2. The maximum atomic E-state index is 12.4. The Morgan fingerprint density at radius 3 is 2.96 bits per heavy atom. The van der Waals surface area contributed by atoms with E-state index in [2.05, 4.69) is 4.98 Å². The van der Waals surface area contributed by atoms with Gasteiger partial charge in [0.2, 0.25) is 0 Å². The van der Waals surface area contributed by atoms with E-state index in [-0.39, 0.29) is 5.91 Å². The molecule has 2 aromatic rings. The zero-order valence-corrected chi connectivity index (χ0v) is 13.1. The molecule has 2 heterocycles. The van der Waals surface area contributed by atoms with Crippen LogP contribution in [-0.2, 0) is 20.7 Å². The van der Waals surface area contributed by atoms with E-state index >= 15 is 0 Å².